The molecule has 5 aromatic carbocycles. The molecule has 0 aliphatic carbocycles. The Labute approximate surface area is 350 Å². The van der Waals surface area contributed by atoms with E-state index < -0.39 is 0 Å². The topological polar surface area (TPSA) is 64.5 Å². The summed E-state index contributed by atoms with van der Waals surface area (Å²) in [6.45, 7) is 17.4. The summed E-state index contributed by atoms with van der Waals surface area (Å²) in [6, 6.07) is 44.3. The molecule has 4 heterocycles. The fourth-order valence-corrected chi connectivity index (χ4v) is 7.35. The van der Waals surface area contributed by atoms with Crippen LogP contribution in [0.3, 0.4) is 0 Å². The maximum atomic E-state index is 4.70. The molecule has 9 heteroatoms. The monoisotopic (exact) mass is 925 g/mol. The molecule has 2 aliphatic heterocycles. The van der Waals surface area contributed by atoms with Crippen LogP contribution in [0.5, 0.6) is 0 Å². The Bertz CT molecular complexity index is 2340. The zero-order valence-electron chi connectivity index (χ0n) is 32.9. The summed E-state index contributed by atoms with van der Waals surface area (Å²) in [4.78, 5) is 26.6. The summed E-state index contributed by atoms with van der Waals surface area (Å²) in [7, 11) is 0. The number of hydrogen-bond donors (Lipinski definition) is 0. The van der Waals surface area contributed by atoms with Gasteiger partial charge in [0.2, 0.25) is 0 Å². The van der Waals surface area contributed by atoms with Crippen molar-refractivity contribution in [3.63, 3.8) is 0 Å². The number of para-hydroxylation sites is 2. The molecule has 0 amide bonds. The standard InChI is InChI=1S/C31H32N4.C17H12N4.Ir/c1-20(2)27-11-8-12-28(21(3)4)29(27)24-9-7-10-25(18-24)34-19-35(31-30(34)32-13-14-33-31)26-16-22(5)15-23(6)17-26;1-3-7-14(8-4-1)20-13-21(15-9-5-2-6-10-15)17-16(20)18-11-12-19-17;/h7-9,11-21H,1-6H3;1-9,11-13H;/q2*-2;. The third-order valence-electron chi connectivity index (χ3n) is 9.87. The van der Waals surface area contributed by atoms with E-state index in [-0.39, 0.29) is 20.1 Å². The Hall–Kier alpha value is -5.89. The molecular formula is C48H44IrN8-4. The summed E-state index contributed by atoms with van der Waals surface area (Å²) >= 11 is 0. The van der Waals surface area contributed by atoms with Gasteiger partial charge in [0.25, 0.3) is 0 Å². The molecule has 57 heavy (non-hydrogen) atoms. The van der Waals surface area contributed by atoms with E-state index in [9.17, 15) is 0 Å². The molecule has 0 N–H and O–H groups in total. The van der Waals surface area contributed by atoms with Crippen molar-refractivity contribution in [2.75, 3.05) is 19.6 Å². The molecule has 0 saturated carbocycles. The fraction of sp³-hybridized carbons (Fsp3) is 0.167. The van der Waals surface area contributed by atoms with Crippen LogP contribution in [-0.4, -0.2) is 19.9 Å². The van der Waals surface area contributed by atoms with Crippen molar-refractivity contribution in [1.82, 2.24) is 19.9 Å². The van der Waals surface area contributed by atoms with Gasteiger partial charge in [-0.3, -0.25) is 0 Å². The summed E-state index contributed by atoms with van der Waals surface area (Å²) < 4.78 is 0. The summed E-state index contributed by atoms with van der Waals surface area (Å²) in [5.41, 5.74) is 11.7. The second-order valence-corrected chi connectivity index (χ2v) is 14.6. The predicted octanol–water partition coefficient (Wildman–Crippen LogP) is 11.9. The molecule has 2 aromatic heterocycles. The van der Waals surface area contributed by atoms with Crippen molar-refractivity contribution in [2.45, 2.75) is 53.4 Å². The van der Waals surface area contributed by atoms with Gasteiger partial charge in [0.1, 0.15) is 23.3 Å². The third kappa shape index (κ3) is 8.04. The number of aryl methyl sites for hydroxylation is 2. The van der Waals surface area contributed by atoms with Gasteiger partial charge in [-0.15, -0.1) is 36.3 Å². The average molecular weight is 925 g/mol. The van der Waals surface area contributed by atoms with E-state index in [1.807, 2.05) is 77.1 Å². The van der Waals surface area contributed by atoms with Gasteiger partial charge in [0.05, 0.1) is 0 Å². The van der Waals surface area contributed by atoms with E-state index in [1.165, 1.54) is 33.4 Å². The molecule has 2 aliphatic rings. The average Bonchev–Trinajstić information content (AvgIpc) is 3.81. The van der Waals surface area contributed by atoms with E-state index in [4.69, 9.17) is 4.98 Å². The number of aromatic nitrogens is 4. The van der Waals surface area contributed by atoms with Gasteiger partial charge in [0.15, 0.2) is 0 Å². The van der Waals surface area contributed by atoms with Gasteiger partial charge in [-0.2, -0.15) is 48.5 Å². The van der Waals surface area contributed by atoms with E-state index >= 15 is 0 Å². The molecule has 0 fully saturated rings. The fourth-order valence-electron chi connectivity index (χ4n) is 7.35. The molecule has 289 valence electrons. The first-order valence-electron chi connectivity index (χ1n) is 19.0. The maximum Gasteiger partial charge on any atom is 0.145 e. The summed E-state index contributed by atoms with van der Waals surface area (Å²) in [6.07, 6.45) is 6.91. The smallest absolute Gasteiger partial charge is 0.145 e. The normalized spacial score (nSPS) is 13.0. The van der Waals surface area contributed by atoms with Crippen molar-refractivity contribution < 1.29 is 20.1 Å². The second-order valence-electron chi connectivity index (χ2n) is 14.6. The number of hydrogen-bond acceptors (Lipinski definition) is 8. The first-order valence-corrected chi connectivity index (χ1v) is 19.0. The SMILES string of the molecule is Cc1cc(C)cc(N2[CH-]N(c3[c-]ccc(-c4c(C(C)C)cccc4C(C)C)c3)c3nccnc32)c1.[Ir].[c-]1ccccc1N1[CH-]N(c2ccccc2)c2nccnc21. The van der Waals surface area contributed by atoms with Crippen LogP contribution in [0.25, 0.3) is 11.1 Å². The van der Waals surface area contributed by atoms with E-state index in [0.29, 0.717) is 11.8 Å². The number of nitrogens with zero attached hydrogens (tertiary/aromatic N) is 8. The second kappa shape index (κ2) is 17.1. The minimum atomic E-state index is 0. The van der Waals surface area contributed by atoms with Gasteiger partial charge in [0, 0.05) is 56.3 Å². The Kier molecular flexibility index (Phi) is 11.8. The summed E-state index contributed by atoms with van der Waals surface area (Å²) in [5.74, 6) is 4.12. The maximum absolute atomic E-state index is 4.70. The van der Waals surface area contributed by atoms with Gasteiger partial charge in [-0.1, -0.05) is 70.2 Å². The zero-order valence-corrected chi connectivity index (χ0v) is 35.3. The van der Waals surface area contributed by atoms with Gasteiger partial charge in [-0.05, 0) is 77.8 Å². The minimum absolute atomic E-state index is 0. The van der Waals surface area contributed by atoms with E-state index in [0.717, 1.165) is 46.0 Å². The van der Waals surface area contributed by atoms with E-state index in [2.05, 4.69) is 134 Å². The number of anilines is 8. The van der Waals surface area contributed by atoms with Crippen LogP contribution in [0.2, 0.25) is 0 Å². The quantitative estimate of drug-likeness (QED) is 0.147. The van der Waals surface area contributed by atoms with Gasteiger partial charge < -0.3 is 19.6 Å². The van der Waals surface area contributed by atoms with Crippen LogP contribution < -0.4 is 19.6 Å². The minimum Gasteiger partial charge on any atom is -0.477 e. The number of rotatable bonds is 7. The molecule has 0 bridgehead atoms. The number of fused-ring (bicyclic) bond motifs is 2. The molecule has 8 nitrogen and oxygen atoms in total. The Balaban J connectivity index is 0.000000192. The van der Waals surface area contributed by atoms with Crippen LogP contribution in [0.4, 0.5) is 46.0 Å². The molecule has 0 spiro atoms. The number of benzene rings is 5. The first kappa shape index (κ1) is 39.3. The molecule has 0 atom stereocenters. The molecule has 7 aromatic rings. The van der Waals surface area contributed by atoms with Crippen LogP contribution >= 0.6 is 0 Å². The van der Waals surface area contributed by atoms with Crippen LogP contribution in [-0.2, 0) is 20.1 Å². The van der Waals surface area contributed by atoms with Crippen molar-refractivity contribution in [3.05, 3.63) is 182 Å². The van der Waals surface area contributed by atoms with Crippen LogP contribution in [0.1, 0.15) is 61.8 Å². The Morgan fingerprint density at radius 1 is 0.491 bits per heavy atom. The summed E-state index contributed by atoms with van der Waals surface area (Å²) in [5, 5.41) is 0. The van der Waals surface area contributed by atoms with Crippen molar-refractivity contribution >= 4 is 46.0 Å². The van der Waals surface area contributed by atoms with Crippen molar-refractivity contribution in [3.8, 4) is 11.1 Å². The Morgan fingerprint density at radius 2 is 1.00 bits per heavy atom. The van der Waals surface area contributed by atoms with Gasteiger partial charge in [-0.25, -0.2) is 19.9 Å². The molecular weight excluding hydrogens is 881 g/mol. The molecule has 9 rings (SSSR count). The Morgan fingerprint density at radius 3 is 1.54 bits per heavy atom. The van der Waals surface area contributed by atoms with Crippen molar-refractivity contribution in [1.29, 1.82) is 0 Å². The van der Waals surface area contributed by atoms with Crippen LogP contribution in [0.15, 0.2) is 134 Å². The van der Waals surface area contributed by atoms with Crippen LogP contribution in [0, 0.1) is 39.3 Å². The third-order valence-corrected chi connectivity index (χ3v) is 9.87. The molecule has 0 saturated heterocycles. The first-order chi connectivity index (χ1) is 27.3. The largest absolute Gasteiger partial charge is 0.477 e. The predicted molar refractivity (Wildman–Crippen MR) is 228 cm³/mol. The zero-order chi connectivity index (χ0) is 38.8. The van der Waals surface area contributed by atoms with Gasteiger partial charge >= 0.3 is 0 Å². The van der Waals surface area contributed by atoms with Crippen molar-refractivity contribution in [2.24, 2.45) is 0 Å². The van der Waals surface area contributed by atoms with E-state index in [1.54, 1.807) is 24.8 Å². The molecule has 1 radical (unpaired) electrons. The molecule has 0 unspecified atom stereocenters.